The minimum atomic E-state index is -0.750. The van der Waals surface area contributed by atoms with Crippen molar-refractivity contribution in [2.24, 2.45) is 0 Å². The maximum atomic E-state index is 13.6. The lowest BCUT2D eigenvalue weighted by Crippen LogP contribution is -2.54. The van der Waals surface area contributed by atoms with Crippen molar-refractivity contribution in [3.8, 4) is 17.1 Å². The third kappa shape index (κ3) is 4.21. The molecule has 0 bridgehead atoms. The Balaban J connectivity index is 1.68. The molecule has 9 nitrogen and oxygen atoms in total. The zero-order valence-electron chi connectivity index (χ0n) is 16.9. The van der Waals surface area contributed by atoms with Crippen molar-refractivity contribution in [1.29, 1.82) is 0 Å². The van der Waals surface area contributed by atoms with Gasteiger partial charge in [0.1, 0.15) is 28.7 Å². The Morgan fingerprint density at radius 1 is 1.18 bits per heavy atom. The average molecular weight is 467 g/mol. The molecule has 4 rings (SSSR count). The van der Waals surface area contributed by atoms with Crippen LogP contribution in [0.4, 0.5) is 15.8 Å². The van der Waals surface area contributed by atoms with Gasteiger partial charge >= 0.3 is 0 Å². The summed E-state index contributed by atoms with van der Waals surface area (Å²) in [5.41, 5.74) is 0.174. The number of nitro groups is 1. The summed E-state index contributed by atoms with van der Waals surface area (Å²) in [6.07, 6.45) is 1.23. The number of methoxy groups -OCH3 is 1. The summed E-state index contributed by atoms with van der Waals surface area (Å²) in [6, 6.07) is 12.3. The number of furan rings is 1. The van der Waals surface area contributed by atoms with Gasteiger partial charge in [0.05, 0.1) is 29.4 Å². The molecule has 11 heteroatoms. The van der Waals surface area contributed by atoms with E-state index in [1.807, 2.05) is 0 Å². The maximum Gasteiger partial charge on any atom is 0.273 e. The fraction of sp³-hybridized carbons (Fsp3) is 0.0455. The first-order chi connectivity index (χ1) is 15.8. The Labute approximate surface area is 191 Å². The Bertz CT molecular complexity index is 1350. The summed E-state index contributed by atoms with van der Waals surface area (Å²) < 4.78 is 24.6. The largest absolute Gasteiger partial charge is 0.496 e. The van der Waals surface area contributed by atoms with Crippen LogP contribution < -0.4 is 15.0 Å². The van der Waals surface area contributed by atoms with E-state index >= 15 is 0 Å². The minimum Gasteiger partial charge on any atom is -0.496 e. The predicted octanol–water partition coefficient (Wildman–Crippen LogP) is 3.83. The molecule has 1 aliphatic heterocycles. The van der Waals surface area contributed by atoms with Crippen LogP contribution in [-0.4, -0.2) is 29.0 Å². The first-order valence-corrected chi connectivity index (χ1v) is 9.79. The van der Waals surface area contributed by atoms with E-state index in [0.29, 0.717) is 11.3 Å². The smallest absolute Gasteiger partial charge is 0.273 e. The third-order valence-electron chi connectivity index (χ3n) is 4.74. The average Bonchev–Trinajstić information content (AvgIpc) is 3.24. The monoisotopic (exact) mass is 467 g/mol. The molecule has 0 aliphatic carbocycles. The van der Waals surface area contributed by atoms with Gasteiger partial charge in [0, 0.05) is 6.07 Å². The van der Waals surface area contributed by atoms with Crippen molar-refractivity contribution in [1.82, 2.24) is 5.32 Å². The maximum absolute atomic E-state index is 13.6. The second kappa shape index (κ2) is 8.63. The fourth-order valence-corrected chi connectivity index (χ4v) is 3.50. The lowest BCUT2D eigenvalue weighted by Gasteiger charge is -2.28. The number of nitro benzene ring substituents is 1. The van der Waals surface area contributed by atoms with Crippen LogP contribution in [0.15, 0.2) is 64.6 Å². The number of hydrogen-bond donors (Lipinski definition) is 1. The highest BCUT2D eigenvalue weighted by Crippen LogP contribution is 2.35. The Morgan fingerprint density at radius 2 is 1.97 bits per heavy atom. The van der Waals surface area contributed by atoms with Gasteiger partial charge in [-0.25, -0.2) is 4.39 Å². The zero-order valence-corrected chi connectivity index (χ0v) is 17.7. The molecule has 1 N–H and O–H groups in total. The standard InChI is InChI=1S/C22H14FN3O6S/c1-31-19-10-14(26(29)30)5-7-16(19)18-8-6-15(32-18)11-17-20(27)24-22(33)25(21(17)28)13-4-2-3-12(23)9-13/h2-11H,1H3,(H,24,27,33). The number of benzene rings is 2. The van der Waals surface area contributed by atoms with Gasteiger partial charge in [-0.15, -0.1) is 0 Å². The van der Waals surface area contributed by atoms with Crippen molar-refractivity contribution in [3.63, 3.8) is 0 Å². The van der Waals surface area contributed by atoms with E-state index in [9.17, 15) is 24.1 Å². The number of nitrogens with zero attached hydrogens (tertiary/aromatic N) is 2. The SMILES string of the molecule is COc1cc([N+](=O)[O-])ccc1-c1ccc(C=C2C(=O)NC(=S)N(c3cccc(F)c3)C2=O)o1. The van der Waals surface area contributed by atoms with Gasteiger partial charge in [0.2, 0.25) is 0 Å². The number of non-ortho nitro benzene ring substituents is 1. The van der Waals surface area contributed by atoms with Crippen LogP contribution in [0.2, 0.25) is 0 Å². The number of carbonyl (C=O) groups is 2. The molecule has 1 aliphatic rings. The van der Waals surface area contributed by atoms with E-state index in [1.165, 1.54) is 55.7 Å². The van der Waals surface area contributed by atoms with Crippen LogP contribution in [0.5, 0.6) is 5.75 Å². The number of halogens is 1. The highest BCUT2D eigenvalue weighted by molar-refractivity contribution is 7.80. The molecule has 2 amide bonds. The van der Waals surface area contributed by atoms with Gasteiger partial charge < -0.3 is 9.15 Å². The molecular weight excluding hydrogens is 453 g/mol. The quantitative estimate of drug-likeness (QED) is 0.199. The molecule has 0 radical (unpaired) electrons. The van der Waals surface area contributed by atoms with Crippen molar-refractivity contribution >= 4 is 46.6 Å². The molecule has 2 heterocycles. The predicted molar refractivity (Wildman–Crippen MR) is 120 cm³/mol. The van der Waals surface area contributed by atoms with Crippen LogP contribution in [0, 0.1) is 15.9 Å². The van der Waals surface area contributed by atoms with Crippen molar-refractivity contribution in [2.45, 2.75) is 0 Å². The topological polar surface area (TPSA) is 115 Å². The van der Waals surface area contributed by atoms with E-state index in [4.69, 9.17) is 21.4 Å². The molecule has 1 aromatic heterocycles. The molecule has 1 saturated heterocycles. The van der Waals surface area contributed by atoms with E-state index in [-0.39, 0.29) is 33.6 Å². The highest BCUT2D eigenvalue weighted by atomic mass is 32.1. The number of hydrogen-bond acceptors (Lipinski definition) is 7. The second-order valence-electron chi connectivity index (χ2n) is 6.78. The van der Waals surface area contributed by atoms with Crippen LogP contribution >= 0.6 is 12.2 Å². The van der Waals surface area contributed by atoms with Gasteiger partial charge in [-0.05, 0) is 54.7 Å². The van der Waals surface area contributed by atoms with E-state index in [2.05, 4.69) is 5.32 Å². The minimum absolute atomic E-state index is 0.151. The number of rotatable bonds is 5. The Morgan fingerprint density at radius 3 is 2.67 bits per heavy atom. The Kier molecular flexibility index (Phi) is 5.71. The zero-order chi connectivity index (χ0) is 23.7. The number of thiocarbonyl (C=S) groups is 1. The van der Waals surface area contributed by atoms with Gasteiger partial charge in [-0.3, -0.25) is 29.9 Å². The molecule has 166 valence electrons. The van der Waals surface area contributed by atoms with E-state index in [0.717, 1.165) is 11.0 Å². The number of amides is 2. The number of carbonyl (C=O) groups excluding carboxylic acids is 2. The summed E-state index contributed by atoms with van der Waals surface area (Å²) in [5.74, 6) is -1.38. The van der Waals surface area contributed by atoms with Gasteiger partial charge in [0.25, 0.3) is 17.5 Å². The first-order valence-electron chi connectivity index (χ1n) is 9.38. The molecular formula is C22H14FN3O6S. The first kappa shape index (κ1) is 21.8. The van der Waals surface area contributed by atoms with Crippen molar-refractivity contribution < 1.29 is 28.1 Å². The second-order valence-corrected chi connectivity index (χ2v) is 7.17. The Hall–Kier alpha value is -4.38. The van der Waals surface area contributed by atoms with E-state index in [1.54, 1.807) is 6.07 Å². The van der Waals surface area contributed by atoms with E-state index < -0.39 is 22.6 Å². The molecule has 0 spiro atoms. The molecule has 0 saturated carbocycles. The van der Waals surface area contributed by atoms with Crippen LogP contribution in [-0.2, 0) is 9.59 Å². The number of ether oxygens (including phenoxy) is 1. The third-order valence-corrected chi connectivity index (χ3v) is 5.03. The molecule has 33 heavy (non-hydrogen) atoms. The van der Waals surface area contributed by atoms with Gasteiger partial charge in [-0.1, -0.05) is 6.07 Å². The molecule has 2 aromatic carbocycles. The summed E-state index contributed by atoms with van der Waals surface area (Å²) in [6.45, 7) is 0. The molecule has 0 unspecified atom stereocenters. The lowest BCUT2D eigenvalue weighted by atomic mass is 10.1. The fourth-order valence-electron chi connectivity index (χ4n) is 3.22. The van der Waals surface area contributed by atoms with Gasteiger partial charge in [0.15, 0.2) is 5.11 Å². The molecule has 1 fully saturated rings. The summed E-state index contributed by atoms with van der Waals surface area (Å²) in [7, 11) is 1.36. The summed E-state index contributed by atoms with van der Waals surface area (Å²) in [4.78, 5) is 36.9. The lowest BCUT2D eigenvalue weighted by molar-refractivity contribution is -0.384. The van der Waals surface area contributed by atoms with Crippen molar-refractivity contribution in [2.75, 3.05) is 12.0 Å². The molecule has 3 aromatic rings. The highest BCUT2D eigenvalue weighted by Gasteiger charge is 2.35. The number of anilines is 1. The van der Waals surface area contributed by atoms with Crippen LogP contribution in [0.1, 0.15) is 5.76 Å². The summed E-state index contributed by atoms with van der Waals surface area (Å²) in [5, 5.41) is 13.2. The van der Waals surface area contributed by atoms with Crippen molar-refractivity contribution in [3.05, 3.63) is 81.9 Å². The summed E-state index contributed by atoms with van der Waals surface area (Å²) >= 11 is 5.09. The van der Waals surface area contributed by atoms with Gasteiger partial charge in [-0.2, -0.15) is 0 Å². The van der Waals surface area contributed by atoms with Crippen LogP contribution in [0.25, 0.3) is 17.4 Å². The number of nitrogens with one attached hydrogen (secondary N) is 1. The normalized spacial score (nSPS) is 15.0. The van der Waals surface area contributed by atoms with Crippen LogP contribution in [0.3, 0.4) is 0 Å². The molecule has 0 atom stereocenters.